The van der Waals surface area contributed by atoms with Gasteiger partial charge in [0, 0.05) is 12.1 Å². The Hall–Kier alpha value is -2.89. The van der Waals surface area contributed by atoms with Crippen LogP contribution in [0.2, 0.25) is 0 Å². The molecule has 0 N–H and O–H groups in total. The van der Waals surface area contributed by atoms with Crippen molar-refractivity contribution in [2.45, 2.75) is 32.8 Å². The Kier molecular flexibility index (Phi) is 4.46. The number of aromatic nitrogens is 2. The lowest BCUT2D eigenvalue weighted by molar-refractivity contribution is -0.147. The Labute approximate surface area is 138 Å². The first-order chi connectivity index (χ1) is 11.6. The van der Waals surface area contributed by atoms with Crippen molar-refractivity contribution in [3.8, 4) is 0 Å². The molecule has 3 aromatic rings. The fourth-order valence-electron chi connectivity index (χ4n) is 2.62. The van der Waals surface area contributed by atoms with Gasteiger partial charge in [0.25, 0.3) is 5.56 Å². The lowest BCUT2D eigenvalue weighted by Crippen LogP contribution is -2.18. The summed E-state index contributed by atoms with van der Waals surface area (Å²) in [4.78, 5) is 28.6. The molecule has 0 radical (unpaired) electrons. The highest BCUT2D eigenvalue weighted by molar-refractivity contribution is 5.78. The fourth-order valence-corrected chi connectivity index (χ4v) is 2.62. The molecule has 1 aromatic carbocycles. The largest absolute Gasteiger partial charge is 0.459 e. The standard InChI is InChI=1S/C18H18N2O4/c1-3-15(13-7-5-4-6-8-13)18(22)23-11-14-10-17(21)20-16(19-14)9-12(2)24-20/h4-10,15H,3,11H2,1-2H3. The van der Waals surface area contributed by atoms with Crippen LogP contribution >= 0.6 is 0 Å². The SMILES string of the molecule is CCC(C(=O)OCc1cc(=O)n2oc(C)cc2n1)c1ccccc1. The normalized spacial score (nSPS) is 12.2. The molecule has 0 saturated heterocycles. The third-order valence-corrected chi connectivity index (χ3v) is 3.78. The molecule has 6 heteroatoms. The molecule has 0 spiro atoms. The van der Waals surface area contributed by atoms with Gasteiger partial charge in [0.15, 0.2) is 5.65 Å². The van der Waals surface area contributed by atoms with Crippen LogP contribution in [0.5, 0.6) is 0 Å². The summed E-state index contributed by atoms with van der Waals surface area (Å²) in [7, 11) is 0. The van der Waals surface area contributed by atoms with Crippen LogP contribution in [0.3, 0.4) is 0 Å². The Morgan fingerprint density at radius 3 is 2.75 bits per heavy atom. The molecule has 2 aromatic heterocycles. The number of hydrogen-bond acceptors (Lipinski definition) is 5. The van der Waals surface area contributed by atoms with Crippen molar-refractivity contribution >= 4 is 11.6 Å². The molecule has 2 heterocycles. The molecule has 0 fully saturated rings. The molecule has 0 amide bonds. The van der Waals surface area contributed by atoms with E-state index in [2.05, 4.69) is 4.98 Å². The van der Waals surface area contributed by atoms with Crippen LogP contribution in [0.15, 0.2) is 51.8 Å². The number of carbonyl (C=O) groups is 1. The number of benzene rings is 1. The summed E-state index contributed by atoms with van der Waals surface area (Å²) in [5.74, 6) is -0.0647. The van der Waals surface area contributed by atoms with Crippen molar-refractivity contribution in [2.24, 2.45) is 0 Å². The molecule has 1 atom stereocenters. The number of hydrogen-bond donors (Lipinski definition) is 0. The summed E-state index contributed by atoms with van der Waals surface area (Å²) in [5, 5.41) is 0. The van der Waals surface area contributed by atoms with Crippen molar-refractivity contribution in [3.05, 3.63) is 69.8 Å². The highest BCUT2D eigenvalue weighted by Crippen LogP contribution is 2.21. The van der Waals surface area contributed by atoms with E-state index >= 15 is 0 Å². The summed E-state index contributed by atoms with van der Waals surface area (Å²) < 4.78 is 11.7. The number of aryl methyl sites for hydroxylation is 1. The zero-order chi connectivity index (χ0) is 17.1. The fraction of sp³-hybridized carbons (Fsp3) is 0.278. The van der Waals surface area contributed by atoms with E-state index in [1.165, 1.54) is 6.07 Å². The summed E-state index contributed by atoms with van der Waals surface area (Å²) >= 11 is 0. The number of ether oxygens (including phenoxy) is 1. The van der Waals surface area contributed by atoms with Crippen molar-refractivity contribution in [1.82, 2.24) is 9.56 Å². The third kappa shape index (κ3) is 3.22. The topological polar surface area (TPSA) is 73.8 Å². The molecule has 0 aliphatic rings. The first-order valence-electron chi connectivity index (χ1n) is 7.79. The number of fused-ring (bicyclic) bond motifs is 1. The molecule has 124 valence electrons. The van der Waals surface area contributed by atoms with Gasteiger partial charge in [-0.15, -0.1) is 4.57 Å². The Morgan fingerprint density at radius 1 is 1.29 bits per heavy atom. The Balaban J connectivity index is 1.75. The average Bonchev–Trinajstić information content (AvgIpc) is 2.95. The maximum Gasteiger partial charge on any atom is 0.313 e. The van der Waals surface area contributed by atoms with Gasteiger partial charge in [-0.3, -0.25) is 9.59 Å². The molecular formula is C18H18N2O4. The maximum atomic E-state index is 12.3. The van der Waals surface area contributed by atoms with E-state index in [1.54, 1.807) is 13.0 Å². The summed E-state index contributed by atoms with van der Waals surface area (Å²) in [6, 6.07) is 12.5. The van der Waals surface area contributed by atoms with Crippen molar-refractivity contribution in [1.29, 1.82) is 0 Å². The minimum absolute atomic E-state index is 0.0435. The molecule has 1 unspecified atom stereocenters. The summed E-state index contributed by atoms with van der Waals surface area (Å²) in [6.07, 6.45) is 0.638. The highest BCUT2D eigenvalue weighted by Gasteiger charge is 2.20. The number of carbonyl (C=O) groups excluding carboxylic acids is 1. The molecule has 0 saturated carbocycles. The average molecular weight is 326 g/mol. The first kappa shape index (κ1) is 16.0. The van der Waals surface area contributed by atoms with Crippen LogP contribution in [-0.2, 0) is 16.1 Å². The monoisotopic (exact) mass is 326 g/mol. The Morgan fingerprint density at radius 2 is 2.04 bits per heavy atom. The molecule has 3 rings (SSSR count). The van der Waals surface area contributed by atoms with Gasteiger partial charge in [0.1, 0.15) is 12.4 Å². The lowest BCUT2D eigenvalue weighted by Gasteiger charge is -2.14. The van der Waals surface area contributed by atoms with Crippen molar-refractivity contribution in [2.75, 3.05) is 0 Å². The van der Waals surface area contributed by atoms with Gasteiger partial charge in [-0.1, -0.05) is 37.3 Å². The van der Waals surface area contributed by atoms with Crippen LogP contribution in [0.1, 0.15) is 36.3 Å². The first-order valence-corrected chi connectivity index (χ1v) is 7.79. The molecular weight excluding hydrogens is 308 g/mol. The van der Waals surface area contributed by atoms with Crippen LogP contribution in [0, 0.1) is 6.92 Å². The Bertz CT molecular complexity index is 912. The smallest absolute Gasteiger partial charge is 0.313 e. The number of rotatable bonds is 5. The van der Waals surface area contributed by atoms with Crippen LogP contribution in [0.25, 0.3) is 5.65 Å². The zero-order valence-electron chi connectivity index (χ0n) is 13.6. The van der Waals surface area contributed by atoms with Gasteiger partial charge >= 0.3 is 5.97 Å². The van der Waals surface area contributed by atoms with Gasteiger partial charge in [0.05, 0.1) is 11.6 Å². The van der Waals surface area contributed by atoms with E-state index in [4.69, 9.17) is 9.26 Å². The minimum Gasteiger partial charge on any atom is -0.459 e. The zero-order valence-corrected chi connectivity index (χ0v) is 13.6. The van der Waals surface area contributed by atoms with Crippen molar-refractivity contribution in [3.63, 3.8) is 0 Å². The summed E-state index contributed by atoms with van der Waals surface area (Å²) in [5.41, 5.74) is 1.38. The van der Waals surface area contributed by atoms with E-state index in [0.717, 1.165) is 10.1 Å². The van der Waals surface area contributed by atoms with Crippen molar-refractivity contribution < 1.29 is 14.1 Å². The van der Waals surface area contributed by atoms with Crippen LogP contribution in [-0.4, -0.2) is 15.5 Å². The second kappa shape index (κ2) is 6.70. The third-order valence-electron chi connectivity index (χ3n) is 3.78. The van der Waals surface area contributed by atoms with Crippen LogP contribution in [0.4, 0.5) is 0 Å². The predicted octanol–water partition coefficient (Wildman–Crippen LogP) is 2.83. The van der Waals surface area contributed by atoms with Gasteiger partial charge in [-0.25, -0.2) is 4.98 Å². The number of nitrogens with zero attached hydrogens (tertiary/aromatic N) is 2. The molecule has 0 aliphatic carbocycles. The van der Waals surface area contributed by atoms with E-state index < -0.39 is 0 Å². The predicted molar refractivity (Wildman–Crippen MR) is 87.7 cm³/mol. The second-order valence-electron chi connectivity index (χ2n) is 5.56. The highest BCUT2D eigenvalue weighted by atomic mass is 16.5. The van der Waals surface area contributed by atoms with Gasteiger partial charge < -0.3 is 9.26 Å². The van der Waals surface area contributed by atoms with E-state index in [1.807, 2.05) is 37.3 Å². The number of esters is 1. The van der Waals surface area contributed by atoms with Gasteiger partial charge in [-0.05, 0) is 18.9 Å². The molecule has 24 heavy (non-hydrogen) atoms. The molecule has 6 nitrogen and oxygen atoms in total. The quantitative estimate of drug-likeness (QED) is 0.674. The van der Waals surface area contributed by atoms with Gasteiger partial charge in [-0.2, -0.15) is 0 Å². The van der Waals surface area contributed by atoms with E-state index in [9.17, 15) is 9.59 Å². The van der Waals surface area contributed by atoms with Crippen LogP contribution < -0.4 is 5.56 Å². The summed E-state index contributed by atoms with van der Waals surface area (Å²) in [6.45, 7) is 3.63. The second-order valence-corrected chi connectivity index (χ2v) is 5.56. The van der Waals surface area contributed by atoms with Gasteiger partial charge in [0.2, 0.25) is 0 Å². The van der Waals surface area contributed by atoms with E-state index in [0.29, 0.717) is 23.5 Å². The van der Waals surface area contributed by atoms with E-state index in [-0.39, 0.29) is 24.1 Å². The minimum atomic E-state index is -0.339. The maximum absolute atomic E-state index is 12.3. The molecule has 0 bridgehead atoms. The lowest BCUT2D eigenvalue weighted by atomic mass is 9.97. The molecule has 0 aliphatic heterocycles.